The van der Waals surface area contributed by atoms with Crippen molar-refractivity contribution in [3.8, 4) is 0 Å². The normalized spacial score (nSPS) is 26.5. The maximum atomic E-state index is 12.5. The first-order valence-corrected chi connectivity index (χ1v) is 12.0. The Labute approximate surface area is 191 Å². The molecule has 0 bridgehead atoms. The van der Waals surface area contributed by atoms with Crippen molar-refractivity contribution in [2.45, 2.75) is 109 Å². The fraction of sp³-hybridized carbons (Fsp3) is 0.826. The van der Waals surface area contributed by atoms with Crippen LogP contribution in [-0.2, 0) is 14.4 Å². The summed E-state index contributed by atoms with van der Waals surface area (Å²) in [4.78, 5) is 49.2. The van der Waals surface area contributed by atoms with Crippen molar-refractivity contribution in [1.29, 1.82) is 0 Å². The molecule has 0 heterocycles. The summed E-state index contributed by atoms with van der Waals surface area (Å²) in [5.74, 6) is -0.856. The summed E-state index contributed by atoms with van der Waals surface area (Å²) in [6.07, 6.45) is 7.90. The van der Waals surface area contributed by atoms with Crippen LogP contribution in [0.25, 0.3) is 0 Å². The van der Waals surface area contributed by atoms with E-state index < -0.39 is 12.0 Å². The Kier molecular flexibility index (Phi) is 10.3. The molecule has 2 aliphatic rings. The van der Waals surface area contributed by atoms with Crippen molar-refractivity contribution in [1.82, 2.24) is 20.9 Å². The number of urea groups is 1. The minimum absolute atomic E-state index is 0.0454. The van der Waals surface area contributed by atoms with Crippen LogP contribution in [0, 0.1) is 5.92 Å². The number of hydrogen-bond donors (Lipinski definition) is 4. The number of rotatable bonds is 9. The molecule has 2 fully saturated rings. The molecular weight excluding hydrogens is 412 g/mol. The zero-order valence-electron chi connectivity index (χ0n) is 19.7. The van der Waals surface area contributed by atoms with Crippen LogP contribution in [0.15, 0.2) is 0 Å². The van der Waals surface area contributed by atoms with Crippen molar-refractivity contribution >= 4 is 23.8 Å². The van der Waals surface area contributed by atoms with Crippen LogP contribution >= 0.6 is 0 Å². The van der Waals surface area contributed by atoms with Crippen molar-refractivity contribution in [3.05, 3.63) is 0 Å². The Hall–Kier alpha value is -2.32. The molecule has 0 spiro atoms. The molecule has 2 aliphatic carbocycles. The van der Waals surface area contributed by atoms with Gasteiger partial charge in [0.25, 0.3) is 0 Å². The van der Waals surface area contributed by atoms with Crippen molar-refractivity contribution in [2.24, 2.45) is 5.92 Å². The van der Waals surface area contributed by atoms with E-state index in [-0.39, 0.29) is 55.2 Å². The lowest BCUT2D eigenvalue weighted by Gasteiger charge is -2.35. The van der Waals surface area contributed by atoms with Gasteiger partial charge in [-0.25, -0.2) is 4.79 Å². The Morgan fingerprint density at radius 2 is 1.62 bits per heavy atom. The fourth-order valence-corrected chi connectivity index (χ4v) is 4.79. The number of carboxylic acid groups (broad SMARTS) is 1. The third-order valence-electron chi connectivity index (χ3n) is 6.86. The lowest BCUT2D eigenvalue weighted by molar-refractivity contribution is -0.138. The zero-order valence-corrected chi connectivity index (χ0v) is 19.7. The van der Waals surface area contributed by atoms with Gasteiger partial charge in [-0.2, -0.15) is 0 Å². The number of nitrogens with one attached hydrogen (secondary N) is 3. The molecule has 2 unspecified atom stereocenters. The van der Waals surface area contributed by atoms with Crippen LogP contribution in [-0.4, -0.2) is 65.0 Å². The van der Waals surface area contributed by atoms with E-state index in [1.807, 2.05) is 0 Å². The zero-order chi connectivity index (χ0) is 23.7. The quantitative estimate of drug-likeness (QED) is 0.427. The topological polar surface area (TPSA) is 128 Å². The molecule has 4 N–H and O–H groups in total. The summed E-state index contributed by atoms with van der Waals surface area (Å²) in [5.41, 5.74) is 0. The van der Waals surface area contributed by atoms with Crippen molar-refractivity contribution < 1.29 is 24.3 Å². The highest BCUT2D eigenvalue weighted by Gasteiger charge is 2.29. The maximum absolute atomic E-state index is 12.5. The Morgan fingerprint density at radius 3 is 2.25 bits per heavy atom. The number of hydrogen-bond acceptors (Lipinski definition) is 4. The van der Waals surface area contributed by atoms with Crippen LogP contribution in [0.1, 0.15) is 84.5 Å². The highest BCUT2D eigenvalue weighted by atomic mass is 16.4. The van der Waals surface area contributed by atoms with Gasteiger partial charge in [0.15, 0.2) is 0 Å². The third kappa shape index (κ3) is 8.67. The molecule has 182 valence electrons. The average molecular weight is 453 g/mol. The fourth-order valence-electron chi connectivity index (χ4n) is 4.79. The van der Waals surface area contributed by atoms with Crippen molar-refractivity contribution in [2.75, 3.05) is 7.05 Å². The Morgan fingerprint density at radius 1 is 0.969 bits per heavy atom. The summed E-state index contributed by atoms with van der Waals surface area (Å²) in [7, 11) is 1.77. The molecule has 0 saturated heterocycles. The van der Waals surface area contributed by atoms with Gasteiger partial charge in [-0.3, -0.25) is 14.4 Å². The largest absolute Gasteiger partial charge is 0.481 e. The molecule has 32 heavy (non-hydrogen) atoms. The van der Waals surface area contributed by atoms with Gasteiger partial charge in [-0.15, -0.1) is 0 Å². The van der Waals surface area contributed by atoms with Crippen LogP contribution in [0.4, 0.5) is 4.79 Å². The van der Waals surface area contributed by atoms with E-state index in [0.29, 0.717) is 5.92 Å². The number of aliphatic carboxylic acids is 1. The second-order valence-electron chi connectivity index (χ2n) is 9.56. The molecule has 2 saturated carbocycles. The minimum Gasteiger partial charge on any atom is -0.481 e. The predicted molar refractivity (Wildman–Crippen MR) is 121 cm³/mol. The van der Waals surface area contributed by atoms with Gasteiger partial charge in [-0.05, 0) is 51.4 Å². The van der Waals surface area contributed by atoms with Crippen molar-refractivity contribution in [3.63, 3.8) is 0 Å². The van der Waals surface area contributed by atoms with Gasteiger partial charge in [0.1, 0.15) is 0 Å². The van der Waals surface area contributed by atoms with E-state index in [9.17, 15) is 19.2 Å². The molecule has 0 aromatic heterocycles. The van der Waals surface area contributed by atoms with E-state index in [2.05, 4.69) is 22.9 Å². The Bertz CT molecular complexity index is 663. The first-order valence-electron chi connectivity index (χ1n) is 12.0. The highest BCUT2D eigenvalue weighted by Crippen LogP contribution is 2.25. The average Bonchev–Trinajstić information content (AvgIpc) is 2.73. The number of amides is 4. The molecule has 0 aromatic carbocycles. The van der Waals surface area contributed by atoms with Gasteiger partial charge in [0.2, 0.25) is 11.8 Å². The molecule has 9 nitrogen and oxygen atoms in total. The number of nitrogens with zero attached hydrogens (tertiary/aromatic N) is 1. The van der Waals surface area contributed by atoms with E-state index >= 15 is 0 Å². The lowest BCUT2D eigenvalue weighted by Crippen LogP contribution is -2.51. The van der Waals surface area contributed by atoms with Crippen LogP contribution in [0.3, 0.4) is 0 Å². The summed E-state index contributed by atoms with van der Waals surface area (Å²) < 4.78 is 0. The van der Waals surface area contributed by atoms with E-state index in [4.69, 9.17) is 5.11 Å². The van der Waals surface area contributed by atoms with E-state index in [1.165, 1.54) is 19.3 Å². The molecule has 0 radical (unpaired) electrons. The number of carboxylic acids is 1. The molecule has 0 aromatic rings. The van der Waals surface area contributed by atoms with Gasteiger partial charge in [0.05, 0.1) is 6.42 Å². The summed E-state index contributed by atoms with van der Waals surface area (Å²) in [5, 5.41) is 17.6. The van der Waals surface area contributed by atoms with E-state index in [0.717, 1.165) is 32.1 Å². The van der Waals surface area contributed by atoms with Gasteiger partial charge >= 0.3 is 12.0 Å². The van der Waals surface area contributed by atoms with Gasteiger partial charge in [0, 0.05) is 44.1 Å². The maximum Gasteiger partial charge on any atom is 0.315 e. The lowest BCUT2D eigenvalue weighted by atomic mass is 9.86. The second-order valence-corrected chi connectivity index (χ2v) is 9.56. The minimum atomic E-state index is -0.972. The SMILES string of the molecule is CC1CCCCC1NC(=O)NC1CCC(N(C)C(=O)CCC(=O)N[C@H](C)CC(=O)O)CC1. The molecule has 9 heteroatoms. The van der Waals surface area contributed by atoms with Gasteiger partial charge < -0.3 is 26.0 Å². The highest BCUT2D eigenvalue weighted by molar-refractivity contribution is 5.84. The molecule has 0 aliphatic heterocycles. The van der Waals surface area contributed by atoms with Crippen LogP contribution < -0.4 is 16.0 Å². The molecule has 3 atom stereocenters. The van der Waals surface area contributed by atoms with Crippen LogP contribution in [0.5, 0.6) is 0 Å². The molecular formula is C23H40N4O5. The predicted octanol–water partition coefficient (Wildman–Crippen LogP) is 2.39. The van der Waals surface area contributed by atoms with Crippen LogP contribution in [0.2, 0.25) is 0 Å². The first kappa shape index (κ1) is 25.9. The van der Waals surface area contributed by atoms with Gasteiger partial charge in [-0.1, -0.05) is 19.8 Å². The summed E-state index contributed by atoms with van der Waals surface area (Å²) >= 11 is 0. The van der Waals surface area contributed by atoms with E-state index in [1.54, 1.807) is 18.9 Å². The summed E-state index contributed by atoms with van der Waals surface area (Å²) in [6, 6.07) is -0.0619. The Balaban J connectivity index is 1.66. The summed E-state index contributed by atoms with van der Waals surface area (Å²) in [6.45, 7) is 3.82. The first-order chi connectivity index (χ1) is 15.2. The smallest absolute Gasteiger partial charge is 0.315 e. The standard InChI is InChI=1S/C23H40N4O5/c1-15-6-4-5-7-19(15)26-23(32)25-17-8-10-18(11-9-17)27(3)21(29)13-12-20(28)24-16(2)14-22(30)31/h15-19H,4-14H2,1-3H3,(H,24,28)(H,30,31)(H2,25,26,32)/t15?,16-,17?,18?,19?/m1/s1. The monoisotopic (exact) mass is 452 g/mol. The molecule has 4 amide bonds. The number of carbonyl (C=O) groups excluding carboxylic acids is 3. The second kappa shape index (κ2) is 12.6. The number of carbonyl (C=O) groups is 4. The molecule has 2 rings (SSSR count). The third-order valence-corrected chi connectivity index (χ3v) is 6.86.